The van der Waals surface area contributed by atoms with Crippen LogP contribution in [0.5, 0.6) is 0 Å². The van der Waals surface area contributed by atoms with Crippen LogP contribution >= 0.6 is 0 Å². The summed E-state index contributed by atoms with van der Waals surface area (Å²) in [4.78, 5) is 27.3. The van der Waals surface area contributed by atoms with E-state index in [1.54, 1.807) is 0 Å². The number of benzene rings is 1. The van der Waals surface area contributed by atoms with Gasteiger partial charge in [-0.1, -0.05) is 6.92 Å². The molecule has 2 amide bonds. The van der Waals surface area contributed by atoms with Crippen LogP contribution in [0.25, 0.3) is 0 Å². The Kier molecular flexibility index (Phi) is 4.27. The first-order valence-electron chi connectivity index (χ1n) is 6.91. The number of rotatable bonds is 5. The van der Waals surface area contributed by atoms with Crippen molar-refractivity contribution < 1.29 is 9.59 Å². The number of nitrogens with zero attached hydrogens (tertiary/aromatic N) is 2. The molecule has 1 unspecified atom stereocenters. The molecule has 5 nitrogen and oxygen atoms in total. The fraction of sp³-hybridized carbons (Fsp3) is 0.467. The molecule has 1 fully saturated rings. The summed E-state index contributed by atoms with van der Waals surface area (Å²) in [6.45, 7) is 2.47. The highest BCUT2D eigenvalue weighted by Gasteiger charge is 2.37. The maximum absolute atomic E-state index is 12.1. The van der Waals surface area contributed by atoms with Crippen LogP contribution in [0.15, 0.2) is 24.3 Å². The van der Waals surface area contributed by atoms with Crippen LogP contribution in [0, 0.1) is 0 Å². The second-order valence-electron chi connectivity index (χ2n) is 5.23. The van der Waals surface area contributed by atoms with Crippen molar-refractivity contribution in [1.29, 1.82) is 0 Å². The molecule has 1 atom stereocenters. The Labute approximate surface area is 119 Å². The second kappa shape index (κ2) is 5.94. The van der Waals surface area contributed by atoms with Crippen LogP contribution in [-0.4, -0.2) is 43.4 Å². The highest BCUT2D eigenvalue weighted by Crippen LogP contribution is 2.21. The summed E-state index contributed by atoms with van der Waals surface area (Å²) in [7, 11) is 3.95. The summed E-state index contributed by atoms with van der Waals surface area (Å²) in [5, 5.41) is 3.15. The van der Waals surface area contributed by atoms with E-state index in [0.717, 1.165) is 17.8 Å². The molecule has 0 saturated carbocycles. The van der Waals surface area contributed by atoms with Gasteiger partial charge in [-0.3, -0.25) is 14.5 Å². The van der Waals surface area contributed by atoms with E-state index in [9.17, 15) is 9.59 Å². The summed E-state index contributed by atoms with van der Waals surface area (Å²) in [6, 6.07) is 7.38. The van der Waals surface area contributed by atoms with E-state index in [1.807, 2.05) is 50.2 Å². The fourth-order valence-corrected chi connectivity index (χ4v) is 2.31. The molecule has 1 N–H and O–H groups in total. The lowest BCUT2D eigenvalue weighted by molar-refractivity contribution is -0.138. The summed E-state index contributed by atoms with van der Waals surface area (Å²) >= 11 is 0. The Morgan fingerprint density at radius 1 is 1.25 bits per heavy atom. The van der Waals surface area contributed by atoms with Crippen molar-refractivity contribution in [3.8, 4) is 0 Å². The van der Waals surface area contributed by atoms with Gasteiger partial charge in [0.05, 0.1) is 6.42 Å². The van der Waals surface area contributed by atoms with E-state index < -0.39 is 6.04 Å². The molecule has 20 heavy (non-hydrogen) atoms. The molecule has 108 valence electrons. The number of hydrogen-bond donors (Lipinski definition) is 1. The van der Waals surface area contributed by atoms with Crippen LogP contribution in [-0.2, 0) is 9.59 Å². The van der Waals surface area contributed by atoms with Crippen molar-refractivity contribution in [1.82, 2.24) is 4.90 Å². The molecule has 0 bridgehead atoms. The van der Waals surface area contributed by atoms with E-state index in [-0.39, 0.29) is 18.2 Å². The first-order chi connectivity index (χ1) is 9.52. The molecular formula is C15H21N3O2. The van der Waals surface area contributed by atoms with Gasteiger partial charge in [0.25, 0.3) is 5.91 Å². The monoisotopic (exact) mass is 275 g/mol. The van der Waals surface area contributed by atoms with Gasteiger partial charge in [-0.15, -0.1) is 0 Å². The standard InChI is InChI=1S/C15H21N3O2/c1-4-9-18-14(19)10-13(15(18)20)16-11-5-7-12(8-6-11)17(2)3/h5-8,13,16H,4,9-10H2,1-3H3. The van der Waals surface area contributed by atoms with Crippen LogP contribution in [0.1, 0.15) is 19.8 Å². The van der Waals surface area contributed by atoms with Crippen molar-refractivity contribution >= 4 is 23.2 Å². The van der Waals surface area contributed by atoms with Gasteiger partial charge < -0.3 is 10.2 Å². The normalized spacial score (nSPS) is 18.6. The van der Waals surface area contributed by atoms with Crippen molar-refractivity contribution in [3.05, 3.63) is 24.3 Å². The zero-order valence-electron chi connectivity index (χ0n) is 12.2. The van der Waals surface area contributed by atoms with E-state index in [4.69, 9.17) is 0 Å². The lowest BCUT2D eigenvalue weighted by atomic mass is 10.2. The molecule has 1 aliphatic rings. The summed E-state index contributed by atoms with van der Waals surface area (Å²) in [6.07, 6.45) is 1.04. The first-order valence-corrected chi connectivity index (χ1v) is 6.91. The number of nitrogens with one attached hydrogen (secondary N) is 1. The summed E-state index contributed by atoms with van der Waals surface area (Å²) in [5.41, 5.74) is 1.96. The Bertz CT molecular complexity index is 496. The Balaban J connectivity index is 2.03. The highest BCUT2D eigenvalue weighted by molar-refractivity contribution is 6.06. The summed E-state index contributed by atoms with van der Waals surface area (Å²) < 4.78 is 0. The fourth-order valence-electron chi connectivity index (χ4n) is 2.31. The topological polar surface area (TPSA) is 52.7 Å². The van der Waals surface area contributed by atoms with Gasteiger partial charge in [0, 0.05) is 32.0 Å². The van der Waals surface area contributed by atoms with Crippen LogP contribution in [0.2, 0.25) is 0 Å². The van der Waals surface area contributed by atoms with Crippen molar-refractivity contribution in [3.63, 3.8) is 0 Å². The third kappa shape index (κ3) is 2.92. The second-order valence-corrected chi connectivity index (χ2v) is 5.23. The average molecular weight is 275 g/mol. The van der Waals surface area contributed by atoms with Crippen molar-refractivity contribution in [2.24, 2.45) is 0 Å². The number of imide groups is 1. The lowest BCUT2D eigenvalue weighted by Crippen LogP contribution is -2.35. The third-order valence-electron chi connectivity index (χ3n) is 3.42. The predicted molar refractivity (Wildman–Crippen MR) is 79.8 cm³/mol. The van der Waals surface area contributed by atoms with E-state index in [2.05, 4.69) is 5.32 Å². The molecule has 1 saturated heterocycles. The van der Waals surface area contributed by atoms with Gasteiger partial charge >= 0.3 is 0 Å². The van der Waals surface area contributed by atoms with Gasteiger partial charge in [0.15, 0.2) is 0 Å². The zero-order chi connectivity index (χ0) is 14.7. The lowest BCUT2D eigenvalue weighted by Gasteiger charge is -2.16. The van der Waals surface area contributed by atoms with Crippen molar-refractivity contribution in [2.45, 2.75) is 25.8 Å². The molecule has 1 aliphatic heterocycles. The maximum Gasteiger partial charge on any atom is 0.252 e. The third-order valence-corrected chi connectivity index (χ3v) is 3.42. The van der Waals surface area contributed by atoms with E-state index >= 15 is 0 Å². The smallest absolute Gasteiger partial charge is 0.252 e. The number of carbonyl (C=O) groups is 2. The van der Waals surface area contributed by atoms with Crippen LogP contribution in [0.3, 0.4) is 0 Å². The molecule has 0 aliphatic carbocycles. The minimum absolute atomic E-state index is 0.0840. The molecule has 1 aromatic rings. The maximum atomic E-state index is 12.1. The predicted octanol–water partition coefficient (Wildman–Crippen LogP) is 1.70. The Morgan fingerprint density at radius 2 is 1.90 bits per heavy atom. The van der Waals surface area contributed by atoms with Crippen LogP contribution in [0.4, 0.5) is 11.4 Å². The highest BCUT2D eigenvalue weighted by atomic mass is 16.2. The minimum Gasteiger partial charge on any atom is -0.378 e. The molecular weight excluding hydrogens is 254 g/mol. The van der Waals surface area contributed by atoms with E-state index in [1.165, 1.54) is 4.90 Å². The van der Waals surface area contributed by atoms with Crippen LogP contribution < -0.4 is 10.2 Å². The molecule has 1 heterocycles. The molecule has 1 aromatic carbocycles. The average Bonchev–Trinajstić information content (AvgIpc) is 2.67. The first kappa shape index (κ1) is 14.4. The minimum atomic E-state index is -0.431. The van der Waals surface area contributed by atoms with Gasteiger partial charge in [0.1, 0.15) is 6.04 Å². The Morgan fingerprint density at radius 3 is 2.45 bits per heavy atom. The zero-order valence-corrected chi connectivity index (χ0v) is 12.2. The quantitative estimate of drug-likeness (QED) is 0.831. The Hall–Kier alpha value is -2.04. The summed E-state index contributed by atoms with van der Waals surface area (Å²) in [5.74, 6) is -0.201. The molecule has 0 radical (unpaired) electrons. The van der Waals surface area contributed by atoms with E-state index in [0.29, 0.717) is 6.54 Å². The number of likely N-dealkylation sites (tertiary alicyclic amines) is 1. The molecule has 5 heteroatoms. The molecule has 0 aromatic heterocycles. The number of carbonyl (C=O) groups excluding carboxylic acids is 2. The van der Waals surface area contributed by atoms with Gasteiger partial charge in [-0.2, -0.15) is 0 Å². The number of hydrogen-bond acceptors (Lipinski definition) is 4. The van der Waals surface area contributed by atoms with Gasteiger partial charge in [-0.25, -0.2) is 0 Å². The molecule has 0 spiro atoms. The van der Waals surface area contributed by atoms with Gasteiger partial charge in [-0.05, 0) is 30.7 Å². The van der Waals surface area contributed by atoms with Gasteiger partial charge in [0.2, 0.25) is 5.91 Å². The molecule has 2 rings (SSSR count). The largest absolute Gasteiger partial charge is 0.378 e. The van der Waals surface area contributed by atoms with Crippen molar-refractivity contribution in [2.75, 3.05) is 30.9 Å². The number of anilines is 2. The number of amides is 2. The SMILES string of the molecule is CCCN1C(=O)CC(Nc2ccc(N(C)C)cc2)C1=O.